The molecule has 1 aliphatic carbocycles. The van der Waals surface area contributed by atoms with E-state index >= 15 is 0 Å². The molecule has 3 rings (SSSR count). The summed E-state index contributed by atoms with van der Waals surface area (Å²) >= 11 is 0. The molecule has 5 nitrogen and oxygen atoms in total. The van der Waals surface area contributed by atoms with Gasteiger partial charge in [0.1, 0.15) is 5.69 Å². The van der Waals surface area contributed by atoms with Crippen molar-refractivity contribution in [2.75, 3.05) is 18.9 Å². The Morgan fingerprint density at radius 1 is 1.25 bits per heavy atom. The van der Waals surface area contributed by atoms with E-state index in [1.165, 1.54) is 42.6 Å². The molecule has 0 saturated heterocycles. The summed E-state index contributed by atoms with van der Waals surface area (Å²) in [5.74, 6) is 0.386. The van der Waals surface area contributed by atoms with Crippen LogP contribution in [0.2, 0.25) is 0 Å². The van der Waals surface area contributed by atoms with Crippen molar-refractivity contribution in [2.24, 2.45) is 0 Å². The van der Waals surface area contributed by atoms with Gasteiger partial charge in [0.25, 0.3) is 5.91 Å². The summed E-state index contributed by atoms with van der Waals surface area (Å²) < 4.78 is 5.26. The largest absolute Gasteiger partial charge is 0.338 e. The van der Waals surface area contributed by atoms with E-state index in [2.05, 4.69) is 17.5 Å². The first kappa shape index (κ1) is 16.7. The van der Waals surface area contributed by atoms with Gasteiger partial charge in [0.2, 0.25) is 5.88 Å². The van der Waals surface area contributed by atoms with Crippen LogP contribution in [0.15, 0.2) is 34.9 Å². The van der Waals surface area contributed by atoms with E-state index in [0.29, 0.717) is 18.5 Å². The molecule has 1 fully saturated rings. The van der Waals surface area contributed by atoms with Crippen molar-refractivity contribution < 1.29 is 14.2 Å². The number of benzene rings is 1. The van der Waals surface area contributed by atoms with Gasteiger partial charge in [-0.05, 0) is 32.6 Å². The molecule has 1 heterocycles. The molecule has 2 aromatic rings. The highest BCUT2D eigenvalue weighted by Gasteiger charge is 2.23. The zero-order valence-electron chi connectivity index (χ0n) is 14.5. The van der Waals surface area contributed by atoms with Crippen molar-refractivity contribution in [2.45, 2.75) is 45.1 Å². The summed E-state index contributed by atoms with van der Waals surface area (Å²) in [5, 5.41) is 6.87. The number of nitrogens with one attached hydrogen (secondary N) is 2. The number of anilines is 1. The predicted molar refractivity (Wildman–Crippen MR) is 93.9 cm³/mol. The third-order valence-electron chi connectivity index (χ3n) is 4.86. The standard InChI is InChI=1S/C19H25N3O2/c1-14-8-10-15(11-9-14)17-12-19(24-21-17)20-18(23)13-22(2)16-6-4-3-5-7-16/h8-12,16H,3-7,13H2,1-2H3,(H,20,23)/p+1. The Labute approximate surface area is 143 Å². The van der Waals surface area contributed by atoms with Crippen LogP contribution in [-0.2, 0) is 4.79 Å². The van der Waals surface area contributed by atoms with Crippen LogP contribution < -0.4 is 10.2 Å². The quantitative estimate of drug-likeness (QED) is 0.886. The number of carbonyl (C=O) groups is 1. The highest BCUT2D eigenvalue weighted by atomic mass is 16.5. The maximum absolute atomic E-state index is 12.2. The number of likely N-dealkylation sites (N-methyl/N-ethyl adjacent to an activating group) is 1. The molecule has 1 unspecified atom stereocenters. The second-order valence-corrected chi connectivity index (χ2v) is 6.85. The normalized spacial score (nSPS) is 16.8. The van der Waals surface area contributed by atoms with Gasteiger partial charge in [0.05, 0.1) is 13.1 Å². The first-order valence-electron chi connectivity index (χ1n) is 8.78. The highest BCUT2D eigenvalue weighted by Crippen LogP contribution is 2.22. The first-order valence-corrected chi connectivity index (χ1v) is 8.78. The smallest absolute Gasteiger partial charge is 0.281 e. The Morgan fingerprint density at radius 3 is 2.67 bits per heavy atom. The SMILES string of the molecule is Cc1ccc(-c2cc(NC(=O)C[NH+](C)C3CCCCC3)on2)cc1. The zero-order valence-corrected chi connectivity index (χ0v) is 14.5. The van der Waals surface area contributed by atoms with Gasteiger partial charge in [-0.2, -0.15) is 0 Å². The first-order chi connectivity index (χ1) is 11.6. The Hall–Kier alpha value is -2.14. The molecule has 1 aromatic heterocycles. The lowest BCUT2D eigenvalue weighted by Gasteiger charge is -2.27. The monoisotopic (exact) mass is 328 g/mol. The molecule has 0 radical (unpaired) electrons. The van der Waals surface area contributed by atoms with Crippen LogP contribution in [0.25, 0.3) is 11.3 Å². The minimum atomic E-state index is -0.0234. The average Bonchev–Trinajstić information content (AvgIpc) is 3.04. The van der Waals surface area contributed by atoms with Crippen molar-refractivity contribution in [1.82, 2.24) is 5.16 Å². The van der Waals surface area contributed by atoms with Gasteiger partial charge >= 0.3 is 0 Å². The lowest BCUT2D eigenvalue weighted by molar-refractivity contribution is -0.899. The fraction of sp³-hybridized carbons (Fsp3) is 0.474. The molecule has 128 valence electrons. The summed E-state index contributed by atoms with van der Waals surface area (Å²) in [6, 6.07) is 10.4. The Balaban J connectivity index is 1.56. The van der Waals surface area contributed by atoms with Crippen molar-refractivity contribution in [1.29, 1.82) is 0 Å². The zero-order chi connectivity index (χ0) is 16.9. The van der Waals surface area contributed by atoms with E-state index in [4.69, 9.17) is 4.52 Å². The molecular weight excluding hydrogens is 302 g/mol. The fourth-order valence-electron chi connectivity index (χ4n) is 3.37. The molecule has 0 aliphatic heterocycles. The van der Waals surface area contributed by atoms with Crippen LogP contribution in [-0.4, -0.2) is 30.7 Å². The Kier molecular flexibility index (Phi) is 5.30. The number of aromatic nitrogens is 1. The Bertz CT molecular complexity index is 672. The molecule has 1 atom stereocenters. The van der Waals surface area contributed by atoms with Gasteiger partial charge in [-0.3, -0.25) is 10.1 Å². The second kappa shape index (κ2) is 7.62. The molecule has 2 N–H and O–H groups in total. The predicted octanol–water partition coefficient (Wildman–Crippen LogP) is 2.44. The van der Waals surface area contributed by atoms with Gasteiger partial charge in [0, 0.05) is 11.6 Å². The number of quaternary nitrogens is 1. The minimum Gasteiger partial charge on any atom is -0.338 e. The number of nitrogens with zero attached hydrogens (tertiary/aromatic N) is 1. The van der Waals surface area contributed by atoms with Crippen molar-refractivity contribution in [3.8, 4) is 11.3 Å². The molecule has 1 saturated carbocycles. The van der Waals surface area contributed by atoms with Crippen LogP contribution >= 0.6 is 0 Å². The maximum Gasteiger partial charge on any atom is 0.281 e. The summed E-state index contributed by atoms with van der Waals surface area (Å²) in [7, 11) is 2.10. The summed E-state index contributed by atoms with van der Waals surface area (Å²) in [4.78, 5) is 13.5. The number of aryl methyl sites for hydroxylation is 1. The van der Waals surface area contributed by atoms with Crippen molar-refractivity contribution in [3.63, 3.8) is 0 Å². The molecule has 1 aliphatic rings. The number of rotatable bonds is 5. The summed E-state index contributed by atoms with van der Waals surface area (Å²) in [6.07, 6.45) is 6.34. The highest BCUT2D eigenvalue weighted by molar-refractivity contribution is 5.90. The van der Waals surface area contributed by atoms with Crippen molar-refractivity contribution in [3.05, 3.63) is 35.9 Å². The van der Waals surface area contributed by atoms with Crippen LogP contribution in [0.5, 0.6) is 0 Å². The molecule has 0 spiro atoms. The molecule has 5 heteroatoms. The lowest BCUT2D eigenvalue weighted by atomic mass is 9.94. The molecular formula is C19H26N3O2+. The second-order valence-electron chi connectivity index (χ2n) is 6.85. The number of hydrogen-bond donors (Lipinski definition) is 2. The van der Waals surface area contributed by atoms with Gasteiger partial charge in [0.15, 0.2) is 6.54 Å². The van der Waals surface area contributed by atoms with Gasteiger partial charge < -0.3 is 9.42 Å². The van der Waals surface area contributed by atoms with Crippen LogP contribution in [0.4, 0.5) is 5.88 Å². The average molecular weight is 328 g/mol. The van der Waals surface area contributed by atoms with Crippen LogP contribution in [0.3, 0.4) is 0 Å². The molecule has 0 bridgehead atoms. The fourth-order valence-corrected chi connectivity index (χ4v) is 3.37. The third kappa shape index (κ3) is 4.23. The number of hydrogen-bond acceptors (Lipinski definition) is 3. The van der Waals surface area contributed by atoms with Crippen molar-refractivity contribution >= 4 is 11.8 Å². The summed E-state index contributed by atoms with van der Waals surface area (Å²) in [6.45, 7) is 2.51. The van der Waals surface area contributed by atoms with E-state index in [1.54, 1.807) is 6.07 Å². The topological polar surface area (TPSA) is 59.6 Å². The number of amides is 1. The lowest BCUT2D eigenvalue weighted by Crippen LogP contribution is -3.14. The van der Waals surface area contributed by atoms with E-state index in [1.807, 2.05) is 31.2 Å². The maximum atomic E-state index is 12.2. The van der Waals surface area contributed by atoms with Crippen LogP contribution in [0, 0.1) is 6.92 Å². The Morgan fingerprint density at radius 2 is 1.96 bits per heavy atom. The van der Waals surface area contributed by atoms with E-state index < -0.39 is 0 Å². The van der Waals surface area contributed by atoms with E-state index in [9.17, 15) is 4.79 Å². The molecule has 1 aromatic carbocycles. The van der Waals surface area contributed by atoms with E-state index in [0.717, 1.165) is 11.3 Å². The van der Waals surface area contributed by atoms with Gasteiger partial charge in [-0.25, -0.2) is 0 Å². The molecule has 24 heavy (non-hydrogen) atoms. The molecule has 1 amide bonds. The van der Waals surface area contributed by atoms with E-state index in [-0.39, 0.29) is 5.91 Å². The minimum absolute atomic E-state index is 0.0234. The van der Waals surface area contributed by atoms with Gasteiger partial charge in [-0.15, -0.1) is 0 Å². The number of carbonyl (C=O) groups excluding carboxylic acids is 1. The van der Waals surface area contributed by atoms with Crippen LogP contribution in [0.1, 0.15) is 37.7 Å². The van der Waals surface area contributed by atoms with Gasteiger partial charge in [-0.1, -0.05) is 41.4 Å². The summed E-state index contributed by atoms with van der Waals surface area (Å²) in [5.41, 5.74) is 2.91. The third-order valence-corrected chi connectivity index (χ3v) is 4.86.